The molecule has 2 aromatic rings. The van der Waals surface area contributed by atoms with Gasteiger partial charge >= 0.3 is 27.1 Å². The summed E-state index contributed by atoms with van der Waals surface area (Å²) in [5, 5.41) is 0.279. The standard InChI is InChI=1S/C62H87NO11P2/c1-5-9-11-13-15-17-19-21-23-25-27-29-31-33-35-37-39-41-60(65)73-54-46-43-52(44-47-54)55(7-3)56(8-4)53-45-48-58(57(51-53)63-59(64)49-50-62(75(67,68)69)76(70,71)72)74-61(66)42-40-38-36-34-32-30-28-26-24-22-20-18-16-14-12-10-6-2/h23-48,51,55-56,62H,5-22,49-50H2,1-4H3,(H,63,64)(H2,67,68,69)(H2,70,71,72). The Kier molecular flexibility index (Phi) is 35.7. The smallest absolute Gasteiger partial charge is 0.340 e. The van der Waals surface area contributed by atoms with E-state index in [1.54, 1.807) is 54.6 Å². The molecule has 76 heavy (non-hydrogen) atoms. The molecule has 0 aliphatic carbocycles. The zero-order valence-corrected chi connectivity index (χ0v) is 47.3. The van der Waals surface area contributed by atoms with Crippen molar-refractivity contribution in [2.24, 2.45) is 0 Å². The van der Waals surface area contributed by atoms with Gasteiger partial charge in [0.2, 0.25) is 5.91 Å². The summed E-state index contributed by atoms with van der Waals surface area (Å²) in [4.78, 5) is 77.3. The lowest BCUT2D eigenvalue weighted by Gasteiger charge is -2.27. The van der Waals surface area contributed by atoms with Crippen LogP contribution in [0.25, 0.3) is 0 Å². The molecule has 0 fully saturated rings. The van der Waals surface area contributed by atoms with Crippen LogP contribution >= 0.6 is 15.2 Å². The van der Waals surface area contributed by atoms with Gasteiger partial charge in [0.1, 0.15) is 5.75 Å². The van der Waals surface area contributed by atoms with Crippen LogP contribution in [0.1, 0.15) is 179 Å². The Morgan fingerprint density at radius 2 is 0.895 bits per heavy atom. The SMILES string of the molecule is CCCCCCCCCC=CC=CC=CC=CC=CC(=O)Oc1ccc(C(CC)C(CC)c2ccc(OC(=O)C=CC=CC=CC=CC=CCCCCCCCCC)c(NC(=O)CCC(P(=O)(O)O)P(=O)(O)O)c2)cc1. The zero-order valence-electron chi connectivity index (χ0n) is 45.5. The Morgan fingerprint density at radius 3 is 1.34 bits per heavy atom. The lowest BCUT2D eigenvalue weighted by Crippen LogP contribution is -2.18. The fourth-order valence-electron chi connectivity index (χ4n) is 8.38. The van der Waals surface area contributed by atoms with E-state index in [1.165, 1.54) is 108 Å². The van der Waals surface area contributed by atoms with Gasteiger partial charge in [-0.15, -0.1) is 0 Å². The number of esters is 2. The Hall–Kier alpha value is -5.45. The molecule has 1 amide bonds. The lowest BCUT2D eigenvalue weighted by atomic mass is 9.78. The zero-order chi connectivity index (χ0) is 55.7. The number of anilines is 1. The summed E-state index contributed by atoms with van der Waals surface area (Å²) >= 11 is 0. The maximum absolute atomic E-state index is 13.3. The number of rotatable bonds is 39. The predicted molar refractivity (Wildman–Crippen MR) is 313 cm³/mol. The highest BCUT2D eigenvalue weighted by molar-refractivity contribution is 7.70. The molecule has 0 aliphatic heterocycles. The number of benzene rings is 2. The summed E-state index contributed by atoms with van der Waals surface area (Å²) in [7, 11) is -10.5. The van der Waals surface area contributed by atoms with E-state index in [-0.39, 0.29) is 23.3 Å². The number of allylic oxidation sites excluding steroid dienone is 18. The van der Waals surface area contributed by atoms with Gasteiger partial charge in [-0.1, -0.05) is 232 Å². The third-order valence-electron chi connectivity index (χ3n) is 12.5. The van der Waals surface area contributed by atoms with E-state index in [0.717, 1.165) is 24.0 Å². The maximum Gasteiger partial charge on any atom is 0.340 e. The van der Waals surface area contributed by atoms with Gasteiger partial charge in [-0.25, -0.2) is 9.59 Å². The van der Waals surface area contributed by atoms with Gasteiger partial charge in [0.05, 0.1) is 5.69 Å². The Balaban J connectivity index is 2.12. The number of carbonyl (C=O) groups excluding carboxylic acids is 3. The van der Waals surface area contributed by atoms with E-state index < -0.39 is 51.3 Å². The van der Waals surface area contributed by atoms with E-state index in [1.807, 2.05) is 86.7 Å². The minimum absolute atomic E-state index is 0.0120. The Bertz CT molecular complexity index is 2370. The monoisotopic (exact) mass is 1080 g/mol. The molecule has 416 valence electrons. The molecule has 2 aromatic carbocycles. The van der Waals surface area contributed by atoms with Crippen LogP contribution in [-0.2, 0) is 23.5 Å². The average molecular weight is 1080 g/mol. The van der Waals surface area contributed by atoms with Crippen LogP contribution in [0.15, 0.2) is 164 Å². The predicted octanol–water partition coefficient (Wildman–Crippen LogP) is 16.4. The summed E-state index contributed by atoms with van der Waals surface area (Å²) in [6.07, 6.45) is 56.6. The van der Waals surface area contributed by atoms with Crippen molar-refractivity contribution in [3.8, 4) is 11.5 Å². The van der Waals surface area contributed by atoms with Crippen molar-refractivity contribution in [1.82, 2.24) is 0 Å². The first kappa shape index (κ1) is 66.7. The molecule has 2 unspecified atom stereocenters. The topological polar surface area (TPSA) is 197 Å². The number of amides is 1. The summed E-state index contributed by atoms with van der Waals surface area (Å²) in [5.74, 6) is -1.89. The van der Waals surface area contributed by atoms with E-state index in [4.69, 9.17) is 9.47 Å². The molecule has 0 heterocycles. The fraction of sp³-hybridized carbons (Fsp3) is 0.435. The Labute approximate surface area is 454 Å². The van der Waals surface area contributed by atoms with Gasteiger partial charge in [0.15, 0.2) is 11.1 Å². The molecule has 0 saturated carbocycles. The summed E-state index contributed by atoms with van der Waals surface area (Å²) < 4.78 is 35.0. The van der Waals surface area contributed by atoms with Crippen LogP contribution in [0, 0.1) is 0 Å². The molecule has 2 rings (SSSR count). The van der Waals surface area contributed by atoms with Crippen molar-refractivity contribution in [3.05, 3.63) is 175 Å². The van der Waals surface area contributed by atoms with Crippen LogP contribution in [0.2, 0.25) is 0 Å². The van der Waals surface area contributed by atoms with Crippen molar-refractivity contribution in [2.45, 2.75) is 173 Å². The summed E-state index contributed by atoms with van der Waals surface area (Å²) in [6, 6.07) is 12.3. The minimum atomic E-state index is -5.26. The van der Waals surface area contributed by atoms with Crippen LogP contribution in [0.5, 0.6) is 11.5 Å². The average Bonchev–Trinajstić information content (AvgIpc) is 3.37. The van der Waals surface area contributed by atoms with Crippen LogP contribution in [0.3, 0.4) is 0 Å². The first-order valence-electron chi connectivity index (χ1n) is 27.4. The van der Waals surface area contributed by atoms with Gasteiger partial charge in [-0.05, 0) is 92.2 Å². The van der Waals surface area contributed by atoms with Gasteiger partial charge in [-0.2, -0.15) is 0 Å². The number of hydrogen-bond donors (Lipinski definition) is 5. The third kappa shape index (κ3) is 30.9. The first-order chi connectivity index (χ1) is 36.6. The second-order valence-corrected chi connectivity index (χ2v) is 22.7. The molecule has 0 aromatic heterocycles. The highest BCUT2D eigenvalue weighted by Crippen LogP contribution is 2.61. The molecule has 0 saturated heterocycles. The highest BCUT2D eigenvalue weighted by atomic mass is 31.2. The van der Waals surface area contributed by atoms with E-state index in [0.29, 0.717) is 18.6 Å². The van der Waals surface area contributed by atoms with Crippen molar-refractivity contribution in [3.63, 3.8) is 0 Å². The molecule has 0 radical (unpaired) electrons. The van der Waals surface area contributed by atoms with Crippen LogP contribution in [0.4, 0.5) is 5.69 Å². The van der Waals surface area contributed by atoms with Gasteiger partial charge in [-0.3, -0.25) is 13.9 Å². The van der Waals surface area contributed by atoms with Gasteiger partial charge in [0, 0.05) is 18.6 Å². The lowest BCUT2D eigenvalue weighted by molar-refractivity contribution is -0.129. The van der Waals surface area contributed by atoms with Crippen LogP contribution in [-0.4, -0.2) is 42.8 Å². The van der Waals surface area contributed by atoms with Crippen molar-refractivity contribution in [2.75, 3.05) is 5.32 Å². The maximum atomic E-state index is 13.3. The number of carbonyl (C=O) groups is 3. The highest BCUT2D eigenvalue weighted by Gasteiger charge is 2.43. The summed E-state index contributed by atoms with van der Waals surface area (Å²) in [6.45, 7) is 8.53. The number of hydrogen-bond acceptors (Lipinski definition) is 7. The van der Waals surface area contributed by atoms with Crippen molar-refractivity contribution < 1.29 is 52.6 Å². The Morgan fingerprint density at radius 1 is 0.500 bits per heavy atom. The van der Waals surface area contributed by atoms with Crippen molar-refractivity contribution >= 4 is 38.7 Å². The molecule has 14 heteroatoms. The molecular weight excluding hydrogens is 997 g/mol. The molecular formula is C62H87NO11P2. The third-order valence-corrected chi connectivity index (χ3v) is 16.3. The second-order valence-electron chi connectivity index (χ2n) is 18.6. The summed E-state index contributed by atoms with van der Waals surface area (Å²) in [5.41, 5.74) is 1.83. The molecule has 0 spiro atoms. The van der Waals surface area contributed by atoms with E-state index in [2.05, 4.69) is 37.4 Å². The van der Waals surface area contributed by atoms with E-state index in [9.17, 15) is 43.1 Å². The molecule has 0 aliphatic rings. The second kappa shape index (κ2) is 40.8. The minimum Gasteiger partial charge on any atom is -0.423 e. The number of unbranched alkanes of at least 4 members (excludes halogenated alkanes) is 14. The number of nitrogens with one attached hydrogen (secondary N) is 1. The van der Waals surface area contributed by atoms with Crippen molar-refractivity contribution in [1.29, 1.82) is 0 Å². The van der Waals surface area contributed by atoms with E-state index >= 15 is 0 Å². The number of ether oxygens (including phenoxy) is 2. The molecule has 12 nitrogen and oxygen atoms in total. The quantitative estimate of drug-likeness (QED) is 0.0107. The molecule has 2 atom stereocenters. The molecule has 5 N–H and O–H groups in total. The van der Waals surface area contributed by atoms with Gasteiger partial charge < -0.3 is 34.4 Å². The van der Waals surface area contributed by atoms with Crippen LogP contribution < -0.4 is 14.8 Å². The van der Waals surface area contributed by atoms with Gasteiger partial charge in [0.25, 0.3) is 0 Å². The first-order valence-corrected chi connectivity index (χ1v) is 30.7. The fourth-order valence-corrected chi connectivity index (χ4v) is 10.9. The normalized spacial score (nSPS) is 13.8. The largest absolute Gasteiger partial charge is 0.423 e. The molecule has 0 bridgehead atoms.